The molecule has 152 valence electrons. The standard InChI is InChI=1S/C22H28O6/c1-15(14-28-21-11-5-18(6-12-21)17(3)24)22(27)13-10-20(26)9-8-19(25)7-4-16(2)23/h5-6,11-12,15H,4,7-10,13-14H2,1-3H3/t15-/m0/s1. The Labute approximate surface area is 165 Å². The van der Waals surface area contributed by atoms with Crippen molar-refractivity contribution in [3.05, 3.63) is 29.8 Å². The molecule has 0 saturated heterocycles. The monoisotopic (exact) mass is 388 g/mol. The first-order valence-electron chi connectivity index (χ1n) is 9.48. The highest BCUT2D eigenvalue weighted by molar-refractivity contribution is 5.94. The summed E-state index contributed by atoms with van der Waals surface area (Å²) in [6.07, 6.45) is 0.835. The van der Waals surface area contributed by atoms with Crippen molar-refractivity contribution in [3.8, 4) is 5.75 Å². The van der Waals surface area contributed by atoms with E-state index in [1.807, 2.05) is 0 Å². The van der Waals surface area contributed by atoms with Crippen molar-refractivity contribution in [1.82, 2.24) is 0 Å². The number of carbonyl (C=O) groups excluding carboxylic acids is 5. The van der Waals surface area contributed by atoms with Gasteiger partial charge < -0.3 is 9.53 Å². The van der Waals surface area contributed by atoms with E-state index in [1.165, 1.54) is 13.8 Å². The quantitative estimate of drug-likeness (QED) is 0.452. The molecular weight excluding hydrogens is 360 g/mol. The molecule has 0 N–H and O–H groups in total. The SMILES string of the molecule is CC(=O)CCC(=O)CCC(=O)CCC(=O)[C@@H](C)COc1ccc(C(C)=O)cc1. The predicted octanol–water partition coefficient (Wildman–Crippen LogP) is 3.54. The molecule has 0 aromatic heterocycles. The number of ether oxygens (including phenoxy) is 1. The Hall–Kier alpha value is -2.63. The first-order valence-corrected chi connectivity index (χ1v) is 9.48. The number of ketones is 5. The smallest absolute Gasteiger partial charge is 0.159 e. The molecule has 0 fully saturated rings. The first-order chi connectivity index (χ1) is 13.2. The summed E-state index contributed by atoms with van der Waals surface area (Å²) in [5, 5.41) is 0. The van der Waals surface area contributed by atoms with Gasteiger partial charge in [0.05, 0.1) is 6.61 Å². The maximum Gasteiger partial charge on any atom is 0.159 e. The Bertz CT molecular complexity index is 717. The Morgan fingerprint density at radius 3 is 1.79 bits per heavy atom. The number of Topliss-reactive ketones (excluding diaryl/α,β-unsaturated/α-hetero) is 5. The van der Waals surface area contributed by atoms with Gasteiger partial charge in [-0.1, -0.05) is 6.92 Å². The van der Waals surface area contributed by atoms with E-state index in [-0.39, 0.29) is 80.0 Å². The van der Waals surface area contributed by atoms with E-state index in [4.69, 9.17) is 4.74 Å². The van der Waals surface area contributed by atoms with Crippen molar-refractivity contribution in [2.75, 3.05) is 6.61 Å². The molecule has 6 heteroatoms. The zero-order valence-electron chi connectivity index (χ0n) is 16.8. The second-order valence-electron chi connectivity index (χ2n) is 7.04. The van der Waals surface area contributed by atoms with Gasteiger partial charge in [0.15, 0.2) is 5.78 Å². The Balaban J connectivity index is 2.28. The van der Waals surface area contributed by atoms with Crippen LogP contribution >= 0.6 is 0 Å². The topological polar surface area (TPSA) is 94.6 Å². The molecular formula is C22H28O6. The summed E-state index contributed by atoms with van der Waals surface area (Å²) >= 11 is 0. The van der Waals surface area contributed by atoms with Crippen molar-refractivity contribution in [1.29, 1.82) is 0 Å². The third kappa shape index (κ3) is 9.35. The molecule has 28 heavy (non-hydrogen) atoms. The molecule has 0 amide bonds. The second-order valence-corrected chi connectivity index (χ2v) is 7.04. The van der Waals surface area contributed by atoms with E-state index in [0.29, 0.717) is 11.3 Å². The lowest BCUT2D eigenvalue weighted by Gasteiger charge is -2.12. The highest BCUT2D eigenvalue weighted by Crippen LogP contribution is 2.15. The van der Waals surface area contributed by atoms with Crippen LogP contribution in [0.25, 0.3) is 0 Å². The lowest BCUT2D eigenvalue weighted by molar-refractivity contribution is -0.128. The summed E-state index contributed by atoms with van der Waals surface area (Å²) in [6.45, 7) is 4.84. The number of hydrogen-bond donors (Lipinski definition) is 0. The fourth-order valence-corrected chi connectivity index (χ4v) is 2.45. The molecule has 1 atom stereocenters. The van der Waals surface area contributed by atoms with Crippen LogP contribution in [0.15, 0.2) is 24.3 Å². The Morgan fingerprint density at radius 1 is 0.786 bits per heavy atom. The Morgan fingerprint density at radius 2 is 1.29 bits per heavy atom. The van der Waals surface area contributed by atoms with E-state index in [9.17, 15) is 24.0 Å². The molecule has 0 saturated carbocycles. The average Bonchev–Trinajstić information content (AvgIpc) is 2.67. The van der Waals surface area contributed by atoms with E-state index >= 15 is 0 Å². The second kappa shape index (κ2) is 12.0. The third-order valence-corrected chi connectivity index (χ3v) is 4.40. The van der Waals surface area contributed by atoms with Gasteiger partial charge in [-0.25, -0.2) is 0 Å². The fraction of sp³-hybridized carbons (Fsp3) is 0.500. The van der Waals surface area contributed by atoms with Crippen molar-refractivity contribution in [2.45, 2.75) is 59.3 Å². The molecule has 1 aromatic carbocycles. The highest BCUT2D eigenvalue weighted by atomic mass is 16.5. The van der Waals surface area contributed by atoms with Gasteiger partial charge in [0.2, 0.25) is 0 Å². The Kier molecular flexibility index (Phi) is 9.99. The van der Waals surface area contributed by atoms with Crippen LogP contribution in [0.2, 0.25) is 0 Å². The minimum absolute atomic E-state index is 0.0275. The van der Waals surface area contributed by atoms with Gasteiger partial charge in [0.1, 0.15) is 28.9 Å². The van der Waals surface area contributed by atoms with Crippen LogP contribution in [0, 0.1) is 5.92 Å². The third-order valence-electron chi connectivity index (χ3n) is 4.40. The molecule has 0 unspecified atom stereocenters. The van der Waals surface area contributed by atoms with E-state index in [0.717, 1.165) is 0 Å². The predicted molar refractivity (Wildman–Crippen MR) is 105 cm³/mol. The lowest BCUT2D eigenvalue weighted by Crippen LogP contribution is -2.19. The van der Waals surface area contributed by atoms with Gasteiger partial charge in [0.25, 0.3) is 0 Å². The molecule has 0 aliphatic rings. The van der Waals surface area contributed by atoms with Crippen LogP contribution in [0.5, 0.6) is 5.75 Å². The summed E-state index contributed by atoms with van der Waals surface area (Å²) < 4.78 is 5.57. The largest absolute Gasteiger partial charge is 0.493 e. The van der Waals surface area contributed by atoms with Gasteiger partial charge in [0, 0.05) is 50.0 Å². The van der Waals surface area contributed by atoms with Crippen LogP contribution in [0.3, 0.4) is 0 Å². The van der Waals surface area contributed by atoms with E-state index < -0.39 is 0 Å². The number of rotatable bonds is 14. The zero-order valence-corrected chi connectivity index (χ0v) is 16.8. The fourth-order valence-electron chi connectivity index (χ4n) is 2.45. The van der Waals surface area contributed by atoms with Crippen LogP contribution in [0.1, 0.15) is 69.7 Å². The van der Waals surface area contributed by atoms with Gasteiger partial charge in [-0.2, -0.15) is 0 Å². The van der Waals surface area contributed by atoms with Crippen molar-refractivity contribution < 1.29 is 28.7 Å². The molecule has 0 heterocycles. The normalized spacial score (nSPS) is 11.5. The molecule has 1 rings (SSSR count). The minimum atomic E-state index is -0.363. The van der Waals surface area contributed by atoms with Crippen LogP contribution in [-0.2, 0) is 19.2 Å². The number of hydrogen-bond acceptors (Lipinski definition) is 6. The first kappa shape index (κ1) is 23.4. The minimum Gasteiger partial charge on any atom is -0.493 e. The number of carbonyl (C=O) groups is 5. The van der Waals surface area contributed by atoms with Crippen molar-refractivity contribution in [2.24, 2.45) is 5.92 Å². The van der Waals surface area contributed by atoms with Gasteiger partial charge in [-0.3, -0.25) is 19.2 Å². The van der Waals surface area contributed by atoms with Crippen molar-refractivity contribution >= 4 is 28.9 Å². The van der Waals surface area contributed by atoms with Gasteiger partial charge in [-0.15, -0.1) is 0 Å². The maximum absolute atomic E-state index is 12.1. The van der Waals surface area contributed by atoms with Gasteiger partial charge in [-0.05, 0) is 38.1 Å². The van der Waals surface area contributed by atoms with Crippen LogP contribution in [0.4, 0.5) is 0 Å². The average molecular weight is 388 g/mol. The van der Waals surface area contributed by atoms with Crippen molar-refractivity contribution in [3.63, 3.8) is 0 Å². The maximum atomic E-state index is 12.1. The summed E-state index contributed by atoms with van der Waals surface area (Å²) in [5.74, 6) is -0.166. The lowest BCUT2D eigenvalue weighted by atomic mass is 9.99. The molecule has 1 aromatic rings. The molecule has 0 bridgehead atoms. The summed E-state index contributed by atoms with van der Waals surface area (Å²) in [6, 6.07) is 6.70. The van der Waals surface area contributed by atoms with E-state index in [2.05, 4.69) is 0 Å². The summed E-state index contributed by atoms with van der Waals surface area (Å²) in [7, 11) is 0. The van der Waals surface area contributed by atoms with Gasteiger partial charge >= 0.3 is 0 Å². The molecule has 0 radical (unpaired) electrons. The molecule has 0 aliphatic carbocycles. The summed E-state index contributed by atoms with van der Waals surface area (Å²) in [5.41, 5.74) is 0.592. The van der Waals surface area contributed by atoms with E-state index in [1.54, 1.807) is 31.2 Å². The molecule has 6 nitrogen and oxygen atoms in total. The van der Waals surface area contributed by atoms with Crippen LogP contribution in [-0.4, -0.2) is 35.5 Å². The molecule has 0 spiro atoms. The van der Waals surface area contributed by atoms with Crippen LogP contribution < -0.4 is 4.74 Å². The zero-order chi connectivity index (χ0) is 21.1. The summed E-state index contributed by atoms with van der Waals surface area (Å²) in [4.78, 5) is 57.6. The highest BCUT2D eigenvalue weighted by Gasteiger charge is 2.16. The number of benzene rings is 1. The molecule has 0 aliphatic heterocycles.